The molecule has 0 atom stereocenters. The Kier molecular flexibility index (Phi) is 7.73. The van der Waals surface area contributed by atoms with Crippen molar-refractivity contribution in [2.75, 3.05) is 35.4 Å². The van der Waals surface area contributed by atoms with Gasteiger partial charge in [-0.05, 0) is 48.5 Å². The molecular weight excluding hydrogens is 404 g/mol. The van der Waals surface area contributed by atoms with Crippen molar-refractivity contribution in [1.82, 2.24) is 10.2 Å². The molecule has 0 heterocycles. The normalized spacial score (nSPS) is 10.7. The molecule has 1 amide bonds. The second-order valence-corrected chi connectivity index (χ2v) is 7.66. The Morgan fingerprint density at radius 2 is 1.53 bits per heavy atom. The molecule has 0 aliphatic heterocycles. The van der Waals surface area contributed by atoms with E-state index in [0.29, 0.717) is 29.4 Å². The fourth-order valence-corrected chi connectivity index (χ4v) is 3.66. The Hall–Kier alpha value is -3.51. The van der Waals surface area contributed by atoms with E-state index in [1.807, 2.05) is 18.2 Å². The fraction of sp³-hybridized carbons (Fsp3) is 0.269. The van der Waals surface area contributed by atoms with Gasteiger partial charge in [0, 0.05) is 13.1 Å². The van der Waals surface area contributed by atoms with Crippen molar-refractivity contribution in [3.8, 4) is 28.4 Å². The summed E-state index contributed by atoms with van der Waals surface area (Å²) in [5, 5.41) is 3.00. The minimum Gasteiger partial charge on any atom is -0.493 e. The van der Waals surface area contributed by atoms with Crippen LogP contribution in [0.15, 0.2) is 60.7 Å². The van der Waals surface area contributed by atoms with Gasteiger partial charge in [-0.25, -0.2) is 0 Å². The highest BCUT2D eigenvalue weighted by Gasteiger charge is 2.20. The van der Waals surface area contributed by atoms with Crippen LogP contribution in [0.5, 0.6) is 17.2 Å². The highest BCUT2D eigenvalue weighted by Crippen LogP contribution is 2.39. The van der Waals surface area contributed by atoms with Crippen LogP contribution in [-0.4, -0.2) is 46.2 Å². The monoisotopic (exact) mass is 434 g/mol. The van der Waals surface area contributed by atoms with Crippen LogP contribution in [0.3, 0.4) is 0 Å². The molecule has 6 heteroatoms. The third-order valence-corrected chi connectivity index (χ3v) is 5.17. The van der Waals surface area contributed by atoms with Crippen molar-refractivity contribution in [2.24, 2.45) is 0 Å². The van der Waals surface area contributed by atoms with Gasteiger partial charge in [0.1, 0.15) is 0 Å². The highest BCUT2D eigenvalue weighted by atomic mass is 16.5. The lowest BCUT2D eigenvalue weighted by atomic mass is 9.98. The molecule has 3 rings (SSSR count). The van der Waals surface area contributed by atoms with Crippen LogP contribution in [0.1, 0.15) is 21.5 Å². The first-order valence-corrected chi connectivity index (χ1v) is 10.4. The average molecular weight is 435 g/mol. The smallest absolute Gasteiger partial charge is 0.255 e. The topological polar surface area (TPSA) is 60.0 Å². The Balaban J connectivity index is 1.81. The summed E-state index contributed by atoms with van der Waals surface area (Å²) in [6.45, 7) is 1.27. The Bertz CT molecular complexity index is 1060. The Morgan fingerprint density at radius 1 is 0.844 bits per heavy atom. The molecular formula is C26H30N2O4. The number of hydrogen-bond donors (Lipinski definition) is 1. The molecule has 32 heavy (non-hydrogen) atoms. The van der Waals surface area contributed by atoms with Gasteiger partial charge in [0.2, 0.25) is 5.75 Å². The van der Waals surface area contributed by atoms with Gasteiger partial charge in [-0.2, -0.15) is 0 Å². The molecule has 0 spiro atoms. The van der Waals surface area contributed by atoms with Crippen LogP contribution in [0.2, 0.25) is 0 Å². The summed E-state index contributed by atoms with van der Waals surface area (Å²) in [6.07, 6.45) is 0. The molecule has 0 aliphatic rings. The average Bonchev–Trinajstić information content (AvgIpc) is 2.81. The van der Waals surface area contributed by atoms with Crippen LogP contribution in [0, 0.1) is 0 Å². The first-order chi connectivity index (χ1) is 15.5. The van der Waals surface area contributed by atoms with E-state index < -0.39 is 0 Å². The molecule has 0 fully saturated rings. The molecule has 168 valence electrons. The summed E-state index contributed by atoms with van der Waals surface area (Å²) in [5.74, 6) is 0.984. The van der Waals surface area contributed by atoms with E-state index in [9.17, 15) is 4.79 Å². The lowest BCUT2D eigenvalue weighted by molar-refractivity contribution is 0.0947. The van der Waals surface area contributed by atoms with E-state index in [-0.39, 0.29) is 5.91 Å². The molecule has 0 bridgehead atoms. The Morgan fingerprint density at radius 3 is 2.16 bits per heavy atom. The SMILES string of the molecule is COc1ccc(C(=O)NCc2ccccc2-c2ccc(CN(C)C)cc2)c(OC)c1OC. The van der Waals surface area contributed by atoms with Gasteiger partial charge in [-0.1, -0.05) is 48.5 Å². The molecule has 0 saturated carbocycles. The van der Waals surface area contributed by atoms with Crippen molar-refractivity contribution in [3.05, 3.63) is 77.4 Å². The van der Waals surface area contributed by atoms with Gasteiger partial charge in [0.05, 0.1) is 26.9 Å². The molecule has 1 N–H and O–H groups in total. The molecule has 0 aromatic heterocycles. The fourth-order valence-electron chi connectivity index (χ4n) is 3.66. The van der Waals surface area contributed by atoms with Crippen LogP contribution >= 0.6 is 0 Å². The number of benzene rings is 3. The van der Waals surface area contributed by atoms with Crippen LogP contribution in [0.25, 0.3) is 11.1 Å². The summed E-state index contributed by atoms with van der Waals surface area (Å²) in [6, 6.07) is 20.0. The lowest BCUT2D eigenvalue weighted by Gasteiger charge is -2.16. The van der Waals surface area contributed by atoms with Crippen LogP contribution in [0.4, 0.5) is 0 Å². The van der Waals surface area contributed by atoms with E-state index in [4.69, 9.17) is 14.2 Å². The molecule has 0 unspecified atom stereocenters. The quantitative estimate of drug-likeness (QED) is 0.542. The number of hydrogen-bond acceptors (Lipinski definition) is 5. The van der Waals surface area contributed by atoms with Gasteiger partial charge in [0.25, 0.3) is 5.91 Å². The number of rotatable bonds is 9. The number of ether oxygens (including phenoxy) is 3. The minimum absolute atomic E-state index is 0.251. The van der Waals surface area contributed by atoms with Crippen molar-refractivity contribution >= 4 is 5.91 Å². The highest BCUT2D eigenvalue weighted by molar-refractivity contribution is 5.98. The van der Waals surface area contributed by atoms with Crippen molar-refractivity contribution < 1.29 is 19.0 Å². The van der Waals surface area contributed by atoms with E-state index in [1.54, 1.807) is 19.2 Å². The number of methoxy groups -OCH3 is 3. The van der Waals surface area contributed by atoms with Gasteiger partial charge >= 0.3 is 0 Å². The number of nitrogens with zero attached hydrogens (tertiary/aromatic N) is 1. The van der Waals surface area contributed by atoms with Gasteiger partial charge in [-0.3, -0.25) is 4.79 Å². The maximum Gasteiger partial charge on any atom is 0.255 e. The first kappa shape index (κ1) is 23.2. The number of amides is 1. The molecule has 3 aromatic carbocycles. The van der Waals surface area contributed by atoms with Gasteiger partial charge in [0.15, 0.2) is 11.5 Å². The van der Waals surface area contributed by atoms with Crippen molar-refractivity contribution in [1.29, 1.82) is 0 Å². The third-order valence-electron chi connectivity index (χ3n) is 5.17. The summed E-state index contributed by atoms with van der Waals surface area (Å²) in [7, 11) is 8.67. The molecule has 0 radical (unpaired) electrons. The Labute approximate surface area is 189 Å². The van der Waals surface area contributed by atoms with Crippen LogP contribution < -0.4 is 19.5 Å². The van der Waals surface area contributed by atoms with E-state index >= 15 is 0 Å². The van der Waals surface area contributed by atoms with Crippen LogP contribution in [-0.2, 0) is 13.1 Å². The predicted octanol–water partition coefficient (Wildman–Crippen LogP) is 4.37. The molecule has 6 nitrogen and oxygen atoms in total. The van der Waals surface area contributed by atoms with E-state index in [2.05, 4.69) is 54.6 Å². The summed E-state index contributed by atoms with van der Waals surface area (Å²) < 4.78 is 16.1. The zero-order chi connectivity index (χ0) is 23.1. The van der Waals surface area contributed by atoms with E-state index in [1.165, 1.54) is 19.8 Å². The van der Waals surface area contributed by atoms with Gasteiger partial charge < -0.3 is 24.4 Å². The van der Waals surface area contributed by atoms with Gasteiger partial charge in [-0.15, -0.1) is 0 Å². The maximum atomic E-state index is 13.0. The summed E-state index contributed by atoms with van der Waals surface area (Å²) >= 11 is 0. The zero-order valence-corrected chi connectivity index (χ0v) is 19.3. The minimum atomic E-state index is -0.251. The number of carbonyl (C=O) groups is 1. The standard InChI is InChI=1S/C26H30N2O4/c1-28(2)17-18-10-12-19(13-11-18)21-9-7-6-8-20(21)16-27-26(29)22-14-15-23(30-3)25(32-5)24(22)31-4/h6-15H,16-17H2,1-5H3,(H,27,29). The zero-order valence-electron chi connectivity index (χ0n) is 19.3. The third kappa shape index (κ3) is 5.21. The van der Waals surface area contributed by atoms with Crippen molar-refractivity contribution in [2.45, 2.75) is 13.1 Å². The predicted molar refractivity (Wildman–Crippen MR) is 127 cm³/mol. The second-order valence-electron chi connectivity index (χ2n) is 7.66. The lowest BCUT2D eigenvalue weighted by Crippen LogP contribution is -2.24. The number of carbonyl (C=O) groups excluding carboxylic acids is 1. The molecule has 0 saturated heterocycles. The van der Waals surface area contributed by atoms with Crippen molar-refractivity contribution in [3.63, 3.8) is 0 Å². The largest absolute Gasteiger partial charge is 0.493 e. The molecule has 0 aliphatic carbocycles. The molecule has 3 aromatic rings. The maximum absolute atomic E-state index is 13.0. The number of nitrogens with one attached hydrogen (secondary N) is 1. The summed E-state index contributed by atoms with van der Waals surface area (Å²) in [5.41, 5.74) is 4.87. The summed E-state index contributed by atoms with van der Waals surface area (Å²) in [4.78, 5) is 15.1. The second kappa shape index (κ2) is 10.7. The van der Waals surface area contributed by atoms with E-state index in [0.717, 1.165) is 23.2 Å². The first-order valence-electron chi connectivity index (χ1n) is 10.4.